The molecule has 0 radical (unpaired) electrons. The highest BCUT2D eigenvalue weighted by Gasteiger charge is 2.10. The molecule has 1 rings (SSSR count). The van der Waals surface area contributed by atoms with E-state index in [9.17, 15) is 4.79 Å². The molecule has 1 atom stereocenters. The van der Waals surface area contributed by atoms with Gasteiger partial charge in [0, 0.05) is 12.8 Å². The van der Waals surface area contributed by atoms with Gasteiger partial charge in [-0.1, -0.05) is 42.5 Å². The minimum atomic E-state index is -0.240. The van der Waals surface area contributed by atoms with Crippen LogP contribution in [0.4, 0.5) is 0 Å². The topological polar surface area (TPSA) is 50.1 Å². The Labute approximate surface area is 132 Å². The molecular weight excluding hydrogens is 274 g/mol. The summed E-state index contributed by atoms with van der Waals surface area (Å²) in [5.41, 5.74) is 1.08. The molecule has 0 saturated carbocycles. The number of carbonyl (C=O) groups excluding carboxylic acids is 1. The number of unbranched alkanes of at least 4 members (excludes halogenated alkanes) is 2. The van der Waals surface area contributed by atoms with E-state index >= 15 is 0 Å². The fourth-order valence-corrected chi connectivity index (χ4v) is 1.97. The summed E-state index contributed by atoms with van der Waals surface area (Å²) in [7, 11) is 0. The van der Waals surface area contributed by atoms with Gasteiger partial charge in [0.1, 0.15) is 6.10 Å². The van der Waals surface area contributed by atoms with E-state index < -0.39 is 0 Å². The van der Waals surface area contributed by atoms with Crippen LogP contribution in [0.25, 0.3) is 6.08 Å². The number of carbonyl (C=O) groups is 1. The second-order valence-electron chi connectivity index (χ2n) is 5.03. The molecule has 3 heteroatoms. The molecular formula is C19H23NO2. The van der Waals surface area contributed by atoms with E-state index in [1.54, 1.807) is 6.08 Å². The highest BCUT2D eigenvalue weighted by Crippen LogP contribution is 2.12. The Morgan fingerprint density at radius 1 is 1.32 bits per heavy atom. The first kappa shape index (κ1) is 17.7. The largest absolute Gasteiger partial charge is 0.458 e. The van der Waals surface area contributed by atoms with E-state index in [2.05, 4.69) is 12.6 Å². The molecule has 0 saturated heterocycles. The minimum absolute atomic E-state index is 0.206. The van der Waals surface area contributed by atoms with Crippen LogP contribution in [0, 0.1) is 11.3 Å². The van der Waals surface area contributed by atoms with Crippen LogP contribution in [-0.4, -0.2) is 12.1 Å². The first-order chi connectivity index (χ1) is 10.8. The molecule has 0 heterocycles. The SMILES string of the molecule is C=CCCC(=O)O[C@@H](/C=C/c1ccccc1)CCCCC#N. The average molecular weight is 297 g/mol. The lowest BCUT2D eigenvalue weighted by Crippen LogP contribution is -2.15. The van der Waals surface area contributed by atoms with Gasteiger partial charge in [-0.15, -0.1) is 6.58 Å². The van der Waals surface area contributed by atoms with Crippen molar-refractivity contribution in [2.45, 2.75) is 44.6 Å². The van der Waals surface area contributed by atoms with Gasteiger partial charge >= 0.3 is 5.97 Å². The maximum absolute atomic E-state index is 11.8. The third kappa shape index (κ3) is 8.06. The average Bonchev–Trinajstić information content (AvgIpc) is 2.55. The lowest BCUT2D eigenvalue weighted by Gasteiger charge is -2.14. The van der Waals surface area contributed by atoms with Crippen molar-refractivity contribution in [1.82, 2.24) is 0 Å². The number of rotatable bonds is 10. The first-order valence-corrected chi connectivity index (χ1v) is 7.67. The van der Waals surface area contributed by atoms with Gasteiger partial charge in [-0.25, -0.2) is 0 Å². The van der Waals surface area contributed by atoms with Crippen LogP contribution in [0.15, 0.2) is 49.1 Å². The van der Waals surface area contributed by atoms with Crippen molar-refractivity contribution >= 4 is 12.0 Å². The van der Waals surface area contributed by atoms with E-state index in [1.165, 1.54) is 0 Å². The lowest BCUT2D eigenvalue weighted by atomic mass is 10.1. The molecule has 3 nitrogen and oxygen atoms in total. The summed E-state index contributed by atoms with van der Waals surface area (Å²) in [4.78, 5) is 11.8. The summed E-state index contributed by atoms with van der Waals surface area (Å²) in [6.07, 6.45) is 9.33. The summed E-state index contributed by atoms with van der Waals surface area (Å²) in [6.45, 7) is 3.61. The predicted octanol–water partition coefficient (Wildman–Crippen LogP) is 4.66. The summed E-state index contributed by atoms with van der Waals surface area (Å²) in [6, 6.07) is 12.0. The van der Waals surface area contributed by atoms with Gasteiger partial charge in [-0.05, 0) is 37.3 Å². The van der Waals surface area contributed by atoms with Crippen molar-refractivity contribution in [1.29, 1.82) is 5.26 Å². The Kier molecular flexibility index (Phi) is 9.12. The van der Waals surface area contributed by atoms with E-state index in [-0.39, 0.29) is 12.1 Å². The molecule has 1 aromatic carbocycles. The molecule has 116 valence electrons. The molecule has 0 aliphatic carbocycles. The molecule has 0 unspecified atom stereocenters. The van der Waals surface area contributed by atoms with E-state index in [4.69, 9.17) is 10.00 Å². The van der Waals surface area contributed by atoms with Gasteiger partial charge < -0.3 is 4.74 Å². The van der Waals surface area contributed by atoms with Crippen molar-refractivity contribution < 1.29 is 9.53 Å². The number of ether oxygens (including phenoxy) is 1. The molecule has 0 aliphatic rings. The monoisotopic (exact) mass is 297 g/mol. The summed E-state index contributed by atoms with van der Waals surface area (Å²) in [5, 5.41) is 8.57. The quantitative estimate of drug-likeness (QED) is 0.358. The molecule has 0 aliphatic heterocycles. The van der Waals surface area contributed by atoms with E-state index in [1.807, 2.05) is 42.5 Å². The molecule has 0 aromatic heterocycles. The maximum atomic E-state index is 11.8. The summed E-state index contributed by atoms with van der Waals surface area (Å²) >= 11 is 0. The van der Waals surface area contributed by atoms with Crippen LogP contribution in [0.5, 0.6) is 0 Å². The zero-order valence-corrected chi connectivity index (χ0v) is 12.9. The number of benzene rings is 1. The number of hydrogen-bond donors (Lipinski definition) is 0. The van der Waals surface area contributed by atoms with Crippen molar-refractivity contribution in [3.8, 4) is 6.07 Å². The van der Waals surface area contributed by atoms with Gasteiger partial charge in [0.25, 0.3) is 0 Å². The maximum Gasteiger partial charge on any atom is 0.306 e. The number of allylic oxidation sites excluding steroid dienone is 1. The van der Waals surface area contributed by atoms with Gasteiger partial charge in [0.2, 0.25) is 0 Å². The number of nitrogens with zero attached hydrogens (tertiary/aromatic N) is 1. The van der Waals surface area contributed by atoms with Gasteiger partial charge in [-0.2, -0.15) is 5.26 Å². The highest BCUT2D eigenvalue weighted by atomic mass is 16.5. The fraction of sp³-hybridized carbons (Fsp3) is 0.368. The van der Waals surface area contributed by atoms with Crippen LogP contribution in [-0.2, 0) is 9.53 Å². The molecule has 22 heavy (non-hydrogen) atoms. The third-order valence-electron chi connectivity index (χ3n) is 3.17. The van der Waals surface area contributed by atoms with Gasteiger partial charge in [0.15, 0.2) is 0 Å². The van der Waals surface area contributed by atoms with Crippen LogP contribution < -0.4 is 0 Å². The fourth-order valence-electron chi connectivity index (χ4n) is 1.97. The number of nitriles is 1. The Morgan fingerprint density at radius 2 is 2.09 bits per heavy atom. The van der Waals surface area contributed by atoms with Crippen LogP contribution >= 0.6 is 0 Å². The molecule has 0 bridgehead atoms. The van der Waals surface area contributed by atoms with E-state index in [0.29, 0.717) is 19.3 Å². The molecule has 0 fully saturated rings. The lowest BCUT2D eigenvalue weighted by molar-refractivity contribution is -0.147. The predicted molar refractivity (Wildman–Crippen MR) is 88.9 cm³/mol. The van der Waals surface area contributed by atoms with Crippen molar-refractivity contribution in [3.05, 3.63) is 54.6 Å². The van der Waals surface area contributed by atoms with Gasteiger partial charge in [0.05, 0.1) is 6.07 Å². The molecule has 0 spiro atoms. The Bertz CT molecular complexity index is 514. The first-order valence-electron chi connectivity index (χ1n) is 7.67. The standard InChI is InChI=1S/C19H23NO2/c1-2-3-13-19(21)22-18(12-8-5-9-16-20)15-14-17-10-6-4-7-11-17/h2,4,6-7,10-11,14-15,18H,1,3,5,8-9,12-13H2/b15-14+/t18-/m1/s1. The molecule has 0 amide bonds. The molecule has 0 N–H and O–H groups in total. The Morgan fingerprint density at radius 3 is 2.77 bits per heavy atom. The van der Waals surface area contributed by atoms with Crippen molar-refractivity contribution in [2.24, 2.45) is 0 Å². The number of esters is 1. The van der Waals surface area contributed by atoms with Crippen LogP contribution in [0.3, 0.4) is 0 Å². The third-order valence-corrected chi connectivity index (χ3v) is 3.17. The second-order valence-corrected chi connectivity index (χ2v) is 5.03. The highest BCUT2D eigenvalue weighted by molar-refractivity contribution is 5.70. The zero-order valence-electron chi connectivity index (χ0n) is 12.9. The summed E-state index contributed by atoms with van der Waals surface area (Å²) in [5.74, 6) is -0.206. The molecule has 1 aromatic rings. The zero-order chi connectivity index (χ0) is 16.0. The van der Waals surface area contributed by atoms with Crippen LogP contribution in [0.2, 0.25) is 0 Å². The smallest absolute Gasteiger partial charge is 0.306 e. The normalized spacial score (nSPS) is 11.8. The van der Waals surface area contributed by atoms with Crippen molar-refractivity contribution in [2.75, 3.05) is 0 Å². The van der Waals surface area contributed by atoms with Crippen LogP contribution in [0.1, 0.15) is 44.1 Å². The van der Waals surface area contributed by atoms with E-state index in [0.717, 1.165) is 24.8 Å². The van der Waals surface area contributed by atoms with Gasteiger partial charge in [-0.3, -0.25) is 4.79 Å². The Hall–Kier alpha value is -2.34. The second kappa shape index (κ2) is 11.3. The minimum Gasteiger partial charge on any atom is -0.458 e. The number of hydrogen-bond acceptors (Lipinski definition) is 3. The van der Waals surface area contributed by atoms with Crippen molar-refractivity contribution in [3.63, 3.8) is 0 Å². The summed E-state index contributed by atoms with van der Waals surface area (Å²) < 4.78 is 5.50. The Balaban J connectivity index is 2.56.